The molecular formula is C23H23FN6O4. The van der Waals surface area contributed by atoms with Gasteiger partial charge in [0.05, 0.1) is 22.7 Å². The van der Waals surface area contributed by atoms with E-state index < -0.39 is 10.7 Å². The van der Waals surface area contributed by atoms with Crippen LogP contribution in [-0.2, 0) is 17.8 Å². The number of amides is 2. The number of carbonyl (C=O) groups excluding carboxylic acids is 2. The summed E-state index contributed by atoms with van der Waals surface area (Å²) in [5.41, 5.74) is 1.30. The van der Waals surface area contributed by atoms with Gasteiger partial charge in [-0.05, 0) is 42.8 Å². The summed E-state index contributed by atoms with van der Waals surface area (Å²) in [5.74, 6) is -1.22. The fourth-order valence-corrected chi connectivity index (χ4v) is 3.07. The van der Waals surface area contributed by atoms with Crippen molar-refractivity contribution in [3.63, 3.8) is 0 Å². The standard InChI is InChI=1S/C23H23FN6O4/c24-18-4-3-9-27-20(18)15-28-23(32)17-12-16(13-26-14-17)7-10-25-11-8-22(31)29-19-5-1-2-6-21(19)30(33)34/h1-6,9,12-14,25H,7-8,10-11,15H2,(H,28,32)(H,29,31). The van der Waals surface area contributed by atoms with E-state index in [1.165, 1.54) is 42.7 Å². The van der Waals surface area contributed by atoms with Crippen LogP contribution < -0.4 is 16.0 Å². The average molecular weight is 466 g/mol. The van der Waals surface area contributed by atoms with E-state index in [-0.39, 0.29) is 41.8 Å². The van der Waals surface area contributed by atoms with Gasteiger partial charge < -0.3 is 16.0 Å². The maximum Gasteiger partial charge on any atom is 0.292 e. The number of carbonyl (C=O) groups is 2. The molecule has 0 saturated carbocycles. The summed E-state index contributed by atoms with van der Waals surface area (Å²) in [6, 6.07) is 10.4. The van der Waals surface area contributed by atoms with Crippen LogP contribution in [0.4, 0.5) is 15.8 Å². The SMILES string of the molecule is O=C(CCNCCc1cncc(C(=O)NCc2ncccc2F)c1)Nc1ccccc1[N+](=O)[O-]. The van der Waals surface area contributed by atoms with Gasteiger partial charge in [0.2, 0.25) is 5.91 Å². The van der Waals surface area contributed by atoms with Gasteiger partial charge in [-0.25, -0.2) is 4.39 Å². The smallest absolute Gasteiger partial charge is 0.292 e. The van der Waals surface area contributed by atoms with E-state index in [1.54, 1.807) is 18.3 Å². The van der Waals surface area contributed by atoms with Crippen LogP contribution >= 0.6 is 0 Å². The molecule has 0 unspecified atom stereocenters. The van der Waals surface area contributed by atoms with Crippen LogP contribution in [0.1, 0.15) is 28.0 Å². The molecule has 2 heterocycles. The average Bonchev–Trinajstić information content (AvgIpc) is 2.83. The van der Waals surface area contributed by atoms with Gasteiger partial charge in [0, 0.05) is 37.6 Å². The van der Waals surface area contributed by atoms with E-state index in [1.807, 2.05) is 0 Å². The van der Waals surface area contributed by atoms with Crippen LogP contribution in [0.2, 0.25) is 0 Å². The molecule has 0 radical (unpaired) electrons. The summed E-state index contributed by atoms with van der Waals surface area (Å²) < 4.78 is 13.6. The first-order valence-electron chi connectivity index (χ1n) is 10.5. The highest BCUT2D eigenvalue weighted by Crippen LogP contribution is 2.23. The van der Waals surface area contributed by atoms with E-state index in [4.69, 9.17) is 0 Å². The quantitative estimate of drug-likeness (QED) is 0.224. The Morgan fingerprint density at radius 1 is 1.09 bits per heavy atom. The number of hydrogen-bond acceptors (Lipinski definition) is 7. The van der Waals surface area contributed by atoms with Gasteiger partial charge in [-0.15, -0.1) is 0 Å². The number of nitro groups is 1. The minimum Gasteiger partial charge on any atom is -0.346 e. The third kappa shape index (κ3) is 7.14. The highest BCUT2D eigenvalue weighted by Gasteiger charge is 2.14. The Hall–Kier alpha value is -4.25. The second-order valence-electron chi connectivity index (χ2n) is 7.27. The molecule has 0 aliphatic carbocycles. The lowest BCUT2D eigenvalue weighted by atomic mass is 10.1. The molecular weight excluding hydrogens is 443 g/mol. The van der Waals surface area contributed by atoms with Gasteiger partial charge in [0.15, 0.2) is 0 Å². The third-order valence-electron chi connectivity index (χ3n) is 4.80. The van der Waals surface area contributed by atoms with Crippen LogP contribution in [-0.4, -0.2) is 39.8 Å². The molecule has 0 fully saturated rings. The summed E-state index contributed by atoms with van der Waals surface area (Å²) >= 11 is 0. The zero-order valence-electron chi connectivity index (χ0n) is 18.2. The van der Waals surface area contributed by atoms with Crippen LogP contribution in [0.3, 0.4) is 0 Å². The second-order valence-corrected chi connectivity index (χ2v) is 7.27. The fraction of sp³-hybridized carbons (Fsp3) is 0.217. The first kappa shape index (κ1) is 24.4. The molecule has 2 aromatic heterocycles. The molecule has 34 heavy (non-hydrogen) atoms. The van der Waals surface area contributed by atoms with Crippen LogP contribution in [0.5, 0.6) is 0 Å². The van der Waals surface area contributed by atoms with E-state index in [2.05, 4.69) is 25.9 Å². The number of benzene rings is 1. The Kier molecular flexibility index (Phi) is 8.69. The minimum absolute atomic E-state index is 0.0362. The summed E-state index contributed by atoms with van der Waals surface area (Å²) in [7, 11) is 0. The number of aromatic nitrogens is 2. The van der Waals surface area contributed by atoms with Gasteiger partial charge >= 0.3 is 0 Å². The first-order valence-corrected chi connectivity index (χ1v) is 10.5. The summed E-state index contributed by atoms with van der Waals surface area (Å²) in [4.78, 5) is 42.9. The number of nitrogens with one attached hydrogen (secondary N) is 3. The lowest BCUT2D eigenvalue weighted by Gasteiger charge is -2.08. The number of hydrogen-bond donors (Lipinski definition) is 3. The lowest BCUT2D eigenvalue weighted by Crippen LogP contribution is -2.25. The van der Waals surface area contributed by atoms with Crippen molar-refractivity contribution in [3.8, 4) is 0 Å². The van der Waals surface area contributed by atoms with Gasteiger partial charge in [-0.2, -0.15) is 0 Å². The third-order valence-corrected chi connectivity index (χ3v) is 4.80. The van der Waals surface area contributed by atoms with Crippen molar-refractivity contribution in [3.05, 3.63) is 93.8 Å². The van der Waals surface area contributed by atoms with E-state index in [9.17, 15) is 24.1 Å². The highest BCUT2D eigenvalue weighted by molar-refractivity contribution is 5.94. The topological polar surface area (TPSA) is 139 Å². The molecule has 11 heteroatoms. The number of anilines is 1. The zero-order valence-corrected chi connectivity index (χ0v) is 18.2. The van der Waals surface area contributed by atoms with Gasteiger partial charge in [0.25, 0.3) is 11.6 Å². The Bertz CT molecular complexity index is 1170. The largest absolute Gasteiger partial charge is 0.346 e. The highest BCUT2D eigenvalue weighted by atomic mass is 19.1. The van der Waals surface area contributed by atoms with E-state index in [0.717, 1.165) is 5.56 Å². The van der Waals surface area contributed by atoms with Gasteiger partial charge in [-0.1, -0.05) is 12.1 Å². The Morgan fingerprint density at radius 2 is 1.91 bits per heavy atom. The Morgan fingerprint density at radius 3 is 2.71 bits per heavy atom. The molecule has 3 aromatic rings. The number of pyridine rings is 2. The molecule has 10 nitrogen and oxygen atoms in total. The lowest BCUT2D eigenvalue weighted by molar-refractivity contribution is -0.383. The number of halogens is 1. The monoisotopic (exact) mass is 466 g/mol. The van der Waals surface area contributed by atoms with Crippen molar-refractivity contribution in [1.29, 1.82) is 0 Å². The zero-order chi connectivity index (χ0) is 24.3. The molecule has 0 saturated heterocycles. The van der Waals surface area contributed by atoms with Crippen molar-refractivity contribution in [1.82, 2.24) is 20.6 Å². The maximum atomic E-state index is 13.6. The van der Waals surface area contributed by atoms with Crippen molar-refractivity contribution < 1.29 is 18.9 Å². The fourth-order valence-electron chi connectivity index (χ4n) is 3.07. The normalized spacial score (nSPS) is 10.5. The molecule has 3 N–H and O–H groups in total. The molecule has 2 amide bonds. The molecule has 0 bridgehead atoms. The second kappa shape index (κ2) is 12.1. The van der Waals surface area contributed by atoms with Crippen molar-refractivity contribution in [2.24, 2.45) is 0 Å². The number of para-hydroxylation sites is 2. The first-order chi connectivity index (χ1) is 16.4. The van der Waals surface area contributed by atoms with Gasteiger partial charge in [-0.3, -0.25) is 29.7 Å². The number of nitro benzene ring substituents is 1. The van der Waals surface area contributed by atoms with E-state index >= 15 is 0 Å². The van der Waals surface area contributed by atoms with E-state index in [0.29, 0.717) is 25.1 Å². The Labute approximate surface area is 194 Å². The predicted octanol–water partition coefficient (Wildman–Crippen LogP) is 2.61. The molecule has 1 aromatic carbocycles. The summed E-state index contributed by atoms with van der Waals surface area (Å²) in [6.07, 6.45) is 5.22. The van der Waals surface area contributed by atoms with Crippen LogP contribution in [0.25, 0.3) is 0 Å². The van der Waals surface area contributed by atoms with Gasteiger partial charge in [0.1, 0.15) is 11.5 Å². The van der Waals surface area contributed by atoms with Crippen molar-refractivity contribution in [2.75, 3.05) is 18.4 Å². The van der Waals surface area contributed by atoms with Crippen molar-refractivity contribution >= 4 is 23.2 Å². The van der Waals surface area contributed by atoms with Crippen LogP contribution in [0.15, 0.2) is 61.1 Å². The molecule has 0 aliphatic rings. The maximum absolute atomic E-state index is 13.6. The summed E-state index contributed by atoms with van der Waals surface area (Å²) in [6.45, 7) is 0.867. The van der Waals surface area contributed by atoms with Crippen molar-refractivity contribution in [2.45, 2.75) is 19.4 Å². The molecule has 0 aliphatic heterocycles. The molecule has 3 rings (SSSR count). The molecule has 176 valence electrons. The predicted molar refractivity (Wildman–Crippen MR) is 123 cm³/mol. The summed E-state index contributed by atoms with van der Waals surface area (Å²) in [5, 5.41) is 19.3. The molecule has 0 atom stereocenters. The number of nitrogens with zero attached hydrogens (tertiary/aromatic N) is 3. The number of rotatable bonds is 11. The molecule has 0 spiro atoms. The minimum atomic E-state index is -0.548. The Balaban J connectivity index is 1.40. The van der Waals surface area contributed by atoms with Crippen LogP contribution in [0, 0.1) is 15.9 Å².